The molecule has 1 aliphatic rings. The van der Waals surface area contributed by atoms with E-state index in [2.05, 4.69) is 17.6 Å². The van der Waals surface area contributed by atoms with Gasteiger partial charge in [-0.3, -0.25) is 9.69 Å². The number of pyridine rings is 1. The lowest BCUT2D eigenvalue weighted by atomic mass is 9.67. The van der Waals surface area contributed by atoms with Crippen molar-refractivity contribution in [3.05, 3.63) is 106 Å². The number of hydrogen-bond acceptors (Lipinski definition) is 2. The molecule has 0 radical (unpaired) electrons. The van der Waals surface area contributed by atoms with E-state index in [4.69, 9.17) is 23.2 Å². The van der Waals surface area contributed by atoms with Crippen LogP contribution in [0, 0.1) is 12.3 Å². The number of aromatic nitrogens is 1. The molecular formula is C27H26Cl2N2O. The molecule has 1 saturated heterocycles. The number of piperidine rings is 1. The second-order valence-corrected chi connectivity index (χ2v) is 9.65. The third-order valence-electron chi connectivity index (χ3n) is 6.30. The number of carbonyl (C=O) groups excluding carboxylic acids is 1. The topological polar surface area (TPSA) is 33.2 Å². The molecule has 2 heterocycles. The molecule has 3 atom stereocenters. The molecule has 0 bridgehead atoms. The minimum Gasteiger partial charge on any atom is -0.288 e. The molecule has 164 valence electrons. The van der Waals surface area contributed by atoms with Crippen molar-refractivity contribution in [1.82, 2.24) is 4.98 Å². The van der Waals surface area contributed by atoms with E-state index in [1.807, 2.05) is 79.4 Å². The Balaban J connectivity index is 1.95. The van der Waals surface area contributed by atoms with Gasteiger partial charge in [0.15, 0.2) is 0 Å². The van der Waals surface area contributed by atoms with Gasteiger partial charge >= 0.3 is 0 Å². The van der Waals surface area contributed by atoms with E-state index >= 15 is 0 Å². The first-order chi connectivity index (χ1) is 15.3. The van der Waals surface area contributed by atoms with E-state index < -0.39 is 5.41 Å². The Morgan fingerprint density at radius 3 is 2.50 bits per heavy atom. The van der Waals surface area contributed by atoms with Gasteiger partial charge in [0, 0.05) is 22.2 Å². The van der Waals surface area contributed by atoms with Crippen LogP contribution in [0.2, 0.25) is 10.0 Å². The average Bonchev–Trinajstić information content (AvgIpc) is 2.76. The molecule has 3 aromatic rings. The number of carbonyl (C=O) groups is 1. The highest BCUT2D eigenvalue weighted by molar-refractivity contribution is 6.30. The quantitative estimate of drug-likeness (QED) is 0.365. The fraction of sp³-hybridized carbons (Fsp3) is 0.259. The summed E-state index contributed by atoms with van der Waals surface area (Å²) in [7, 11) is 0. The maximum Gasteiger partial charge on any atom is 0.235 e. The summed E-state index contributed by atoms with van der Waals surface area (Å²) in [4.78, 5) is 20.5. The van der Waals surface area contributed by atoms with Crippen LogP contribution in [0.25, 0.3) is 0 Å². The van der Waals surface area contributed by atoms with Crippen LogP contribution < -0.4 is 4.90 Å². The smallest absolute Gasteiger partial charge is 0.235 e. The Morgan fingerprint density at radius 1 is 1.09 bits per heavy atom. The van der Waals surface area contributed by atoms with Gasteiger partial charge in [-0.05, 0) is 72.9 Å². The van der Waals surface area contributed by atoms with Crippen LogP contribution in [0.4, 0.5) is 5.82 Å². The summed E-state index contributed by atoms with van der Waals surface area (Å²) in [5.41, 5.74) is 2.55. The van der Waals surface area contributed by atoms with Gasteiger partial charge in [0.1, 0.15) is 5.82 Å². The molecule has 1 fully saturated rings. The number of hydrogen-bond donors (Lipinski definition) is 0. The number of benzene rings is 2. The minimum atomic E-state index is -0.608. The number of aryl methyl sites for hydroxylation is 1. The molecule has 1 aliphatic heterocycles. The fourth-order valence-corrected chi connectivity index (χ4v) is 5.07. The van der Waals surface area contributed by atoms with Crippen molar-refractivity contribution in [2.45, 2.75) is 38.6 Å². The molecule has 0 aliphatic carbocycles. The molecule has 2 aromatic carbocycles. The van der Waals surface area contributed by atoms with Crippen LogP contribution in [-0.4, -0.2) is 10.9 Å². The van der Waals surface area contributed by atoms with Crippen molar-refractivity contribution < 1.29 is 4.79 Å². The number of anilines is 1. The molecular weight excluding hydrogens is 439 g/mol. The third kappa shape index (κ3) is 4.32. The molecule has 0 spiro atoms. The van der Waals surface area contributed by atoms with Crippen molar-refractivity contribution in [3.63, 3.8) is 0 Å². The Morgan fingerprint density at radius 2 is 1.84 bits per heavy atom. The predicted molar refractivity (Wildman–Crippen MR) is 132 cm³/mol. The molecule has 5 heteroatoms. The molecule has 4 rings (SSSR count). The average molecular weight is 465 g/mol. The summed E-state index contributed by atoms with van der Waals surface area (Å²) in [6, 6.07) is 19.3. The first kappa shape index (κ1) is 22.6. The zero-order chi connectivity index (χ0) is 22.9. The molecule has 0 saturated carbocycles. The van der Waals surface area contributed by atoms with E-state index in [0.29, 0.717) is 28.7 Å². The van der Waals surface area contributed by atoms with Crippen molar-refractivity contribution in [2.75, 3.05) is 4.90 Å². The number of rotatable bonds is 5. The van der Waals surface area contributed by atoms with Crippen molar-refractivity contribution in [2.24, 2.45) is 5.41 Å². The van der Waals surface area contributed by atoms with Gasteiger partial charge in [-0.15, -0.1) is 6.58 Å². The van der Waals surface area contributed by atoms with Crippen LogP contribution in [0.1, 0.15) is 48.4 Å². The molecule has 1 amide bonds. The Kier molecular flexibility index (Phi) is 6.41. The van der Waals surface area contributed by atoms with E-state index in [9.17, 15) is 4.79 Å². The lowest BCUT2D eigenvalue weighted by molar-refractivity contribution is -0.131. The van der Waals surface area contributed by atoms with Crippen molar-refractivity contribution in [1.29, 1.82) is 0 Å². The summed E-state index contributed by atoms with van der Waals surface area (Å²) < 4.78 is 0. The maximum atomic E-state index is 14.0. The van der Waals surface area contributed by atoms with Gasteiger partial charge in [-0.25, -0.2) is 4.98 Å². The summed E-state index contributed by atoms with van der Waals surface area (Å²) >= 11 is 12.6. The second-order valence-electron chi connectivity index (χ2n) is 8.78. The normalized spacial score (nSPS) is 23.2. The van der Waals surface area contributed by atoms with Crippen molar-refractivity contribution in [3.8, 4) is 0 Å². The highest BCUT2D eigenvalue weighted by atomic mass is 35.5. The molecule has 3 unspecified atom stereocenters. The summed E-state index contributed by atoms with van der Waals surface area (Å²) in [6.45, 7) is 7.95. The largest absolute Gasteiger partial charge is 0.288 e. The van der Waals surface area contributed by atoms with Crippen LogP contribution >= 0.6 is 23.2 Å². The highest BCUT2D eigenvalue weighted by Gasteiger charge is 2.50. The molecule has 3 nitrogen and oxygen atoms in total. The number of amides is 1. The zero-order valence-electron chi connectivity index (χ0n) is 18.3. The van der Waals surface area contributed by atoms with E-state index in [-0.39, 0.29) is 17.9 Å². The van der Waals surface area contributed by atoms with Gasteiger partial charge in [-0.2, -0.15) is 0 Å². The fourth-order valence-electron chi connectivity index (χ4n) is 4.75. The summed E-state index contributed by atoms with van der Waals surface area (Å²) in [5, 5.41) is 1.34. The van der Waals surface area contributed by atoms with Gasteiger partial charge in [0.25, 0.3) is 0 Å². The highest BCUT2D eigenvalue weighted by Crippen LogP contribution is 2.52. The van der Waals surface area contributed by atoms with Crippen LogP contribution in [0.3, 0.4) is 0 Å². The minimum absolute atomic E-state index is 0.0137. The van der Waals surface area contributed by atoms with Crippen LogP contribution in [-0.2, 0) is 4.79 Å². The first-order valence-electron chi connectivity index (χ1n) is 10.7. The SMILES string of the molecule is C=CCC1(C)CC(c2cccc(Cl)c2)C(c2ccc(Cl)cc2)N(c2cc(C)ccn2)C1=O. The van der Waals surface area contributed by atoms with E-state index in [0.717, 1.165) is 16.7 Å². The summed E-state index contributed by atoms with van der Waals surface area (Å²) in [5.74, 6) is 0.713. The Hall–Kier alpha value is -2.62. The Labute approximate surface area is 199 Å². The van der Waals surface area contributed by atoms with Crippen LogP contribution in [0.5, 0.6) is 0 Å². The van der Waals surface area contributed by atoms with Gasteiger partial charge < -0.3 is 0 Å². The second kappa shape index (κ2) is 9.09. The Bertz CT molecular complexity index is 1140. The standard InChI is InChI=1S/C27H26Cl2N2O/c1-4-13-27(3)17-23(20-6-5-7-22(29)16-20)25(19-8-10-21(28)11-9-19)31(26(27)32)24-15-18(2)12-14-30-24/h4-12,14-16,23,25H,1,13,17H2,2-3H3. The molecule has 1 aromatic heterocycles. The van der Waals surface area contributed by atoms with Crippen molar-refractivity contribution >= 4 is 34.9 Å². The lowest BCUT2D eigenvalue weighted by Crippen LogP contribution is -2.52. The van der Waals surface area contributed by atoms with Gasteiger partial charge in [0.05, 0.1) is 11.5 Å². The number of allylic oxidation sites excluding steroid dienone is 1. The predicted octanol–water partition coefficient (Wildman–Crippen LogP) is 7.54. The molecule has 32 heavy (non-hydrogen) atoms. The number of halogens is 2. The van der Waals surface area contributed by atoms with E-state index in [1.165, 1.54) is 0 Å². The van der Waals surface area contributed by atoms with E-state index in [1.54, 1.807) is 6.20 Å². The lowest BCUT2D eigenvalue weighted by Gasteiger charge is -2.48. The summed E-state index contributed by atoms with van der Waals surface area (Å²) in [6.07, 6.45) is 4.84. The maximum absolute atomic E-state index is 14.0. The monoisotopic (exact) mass is 464 g/mol. The van der Waals surface area contributed by atoms with Gasteiger partial charge in [-0.1, -0.05) is 60.5 Å². The number of nitrogens with zero attached hydrogens (tertiary/aromatic N) is 2. The first-order valence-corrected chi connectivity index (χ1v) is 11.5. The third-order valence-corrected chi connectivity index (χ3v) is 6.78. The van der Waals surface area contributed by atoms with Crippen LogP contribution in [0.15, 0.2) is 79.5 Å². The molecule has 0 N–H and O–H groups in total. The zero-order valence-corrected chi connectivity index (χ0v) is 19.8. The van der Waals surface area contributed by atoms with Gasteiger partial charge in [0.2, 0.25) is 5.91 Å².